The first-order valence-electron chi connectivity index (χ1n) is 13.9. The molecule has 0 radical (unpaired) electrons. The average molecular weight is 450 g/mol. The predicted molar refractivity (Wildman–Crippen MR) is 142 cm³/mol. The Bertz CT molecular complexity index is 759. The first-order valence-corrected chi connectivity index (χ1v) is 13.9. The number of ether oxygens (including phenoxy) is 1. The van der Waals surface area contributed by atoms with Crippen LogP contribution in [0.25, 0.3) is 11.3 Å². The fourth-order valence-electron chi connectivity index (χ4n) is 5.36. The van der Waals surface area contributed by atoms with E-state index in [0.717, 1.165) is 37.0 Å². The average Bonchev–Trinajstić information content (AvgIpc) is 2.85. The second-order valence-corrected chi connectivity index (χ2v) is 10.3. The molecule has 1 aromatic carbocycles. The van der Waals surface area contributed by atoms with Gasteiger partial charge in [0.2, 0.25) is 0 Å². The van der Waals surface area contributed by atoms with Crippen LogP contribution in [-0.2, 0) is 11.2 Å². The third-order valence-corrected chi connectivity index (χ3v) is 7.55. The summed E-state index contributed by atoms with van der Waals surface area (Å²) >= 11 is 0. The quantitative estimate of drug-likeness (QED) is 0.268. The molecule has 1 aliphatic rings. The van der Waals surface area contributed by atoms with Crippen LogP contribution in [0.2, 0.25) is 0 Å². The molecule has 1 saturated carbocycles. The molecule has 0 aliphatic heterocycles. The maximum Gasteiger partial charge on any atom is 0.0702 e. The lowest BCUT2D eigenvalue weighted by molar-refractivity contribution is 0.0620. The van der Waals surface area contributed by atoms with E-state index < -0.39 is 0 Å². The molecule has 0 amide bonds. The van der Waals surface area contributed by atoms with Crippen LogP contribution in [0.15, 0.2) is 42.6 Å². The van der Waals surface area contributed by atoms with Gasteiger partial charge in [-0.15, -0.1) is 0 Å². The Morgan fingerprint density at radius 2 is 1.64 bits per heavy atom. The summed E-state index contributed by atoms with van der Waals surface area (Å²) in [5, 5.41) is 0. The summed E-state index contributed by atoms with van der Waals surface area (Å²) < 4.78 is 5.88. The zero-order valence-electron chi connectivity index (χ0n) is 21.5. The van der Waals surface area contributed by atoms with Crippen molar-refractivity contribution in [2.24, 2.45) is 5.92 Å². The molecule has 0 bridgehead atoms. The number of nitrogens with zero attached hydrogens (tertiary/aromatic N) is 1. The number of rotatable bonds is 14. The smallest absolute Gasteiger partial charge is 0.0702 e. The van der Waals surface area contributed by atoms with Crippen LogP contribution in [-0.4, -0.2) is 17.7 Å². The van der Waals surface area contributed by atoms with Crippen molar-refractivity contribution in [3.8, 4) is 11.3 Å². The van der Waals surface area contributed by atoms with Crippen molar-refractivity contribution in [1.82, 2.24) is 4.98 Å². The van der Waals surface area contributed by atoms with Gasteiger partial charge in [0.1, 0.15) is 0 Å². The van der Waals surface area contributed by atoms with Crippen molar-refractivity contribution in [2.75, 3.05) is 6.61 Å². The van der Waals surface area contributed by atoms with E-state index in [-0.39, 0.29) is 0 Å². The van der Waals surface area contributed by atoms with E-state index >= 15 is 0 Å². The molecule has 2 nitrogen and oxygen atoms in total. The fourth-order valence-corrected chi connectivity index (χ4v) is 5.36. The highest BCUT2D eigenvalue weighted by Crippen LogP contribution is 2.38. The van der Waals surface area contributed by atoms with Gasteiger partial charge in [0, 0.05) is 11.8 Å². The first-order chi connectivity index (χ1) is 16.2. The summed E-state index contributed by atoms with van der Waals surface area (Å²) in [4.78, 5) is 4.73. The standard InChI is InChI=1S/C31H47NO/c1-4-6-7-8-9-11-26-12-15-28(16-13-26)29-17-19-30(20-18-29)31-21-14-27(24-32-31)22-23-33-25(3)10-5-2/h14,17-21,24-26,28H,4-13,15-16,22-23H2,1-3H3. The molecule has 0 spiro atoms. The minimum absolute atomic E-state index is 0.353. The Kier molecular flexibility index (Phi) is 11.4. The molecule has 2 aromatic rings. The summed E-state index contributed by atoms with van der Waals surface area (Å²) in [6.45, 7) is 7.44. The van der Waals surface area contributed by atoms with Gasteiger partial charge in [-0.2, -0.15) is 0 Å². The molecule has 1 fully saturated rings. The van der Waals surface area contributed by atoms with Crippen LogP contribution >= 0.6 is 0 Å². The number of pyridine rings is 1. The zero-order chi connectivity index (χ0) is 23.3. The Morgan fingerprint density at radius 1 is 0.879 bits per heavy atom. The second-order valence-electron chi connectivity index (χ2n) is 10.3. The lowest BCUT2D eigenvalue weighted by Crippen LogP contribution is -2.13. The van der Waals surface area contributed by atoms with Crippen LogP contribution < -0.4 is 0 Å². The molecule has 33 heavy (non-hydrogen) atoms. The number of hydrogen-bond acceptors (Lipinski definition) is 2. The normalized spacial score (nSPS) is 19.5. The molecule has 1 aromatic heterocycles. The molecule has 1 unspecified atom stereocenters. The van der Waals surface area contributed by atoms with Gasteiger partial charge in [-0.3, -0.25) is 4.98 Å². The molecule has 1 atom stereocenters. The summed E-state index contributed by atoms with van der Waals surface area (Å²) in [6, 6.07) is 13.6. The first kappa shape index (κ1) is 25.9. The van der Waals surface area contributed by atoms with Crippen molar-refractivity contribution in [3.05, 3.63) is 53.7 Å². The Balaban J connectivity index is 1.42. The Hall–Kier alpha value is -1.67. The van der Waals surface area contributed by atoms with Crippen molar-refractivity contribution in [3.63, 3.8) is 0 Å². The maximum absolute atomic E-state index is 5.88. The van der Waals surface area contributed by atoms with E-state index in [1.165, 1.54) is 87.3 Å². The largest absolute Gasteiger partial charge is 0.378 e. The maximum atomic E-state index is 5.88. The van der Waals surface area contributed by atoms with Gasteiger partial charge in [0.05, 0.1) is 18.4 Å². The van der Waals surface area contributed by atoms with E-state index in [1.807, 2.05) is 6.20 Å². The molecular weight excluding hydrogens is 402 g/mol. The monoisotopic (exact) mass is 449 g/mol. The van der Waals surface area contributed by atoms with Crippen molar-refractivity contribution < 1.29 is 4.74 Å². The number of aromatic nitrogens is 1. The van der Waals surface area contributed by atoms with Gasteiger partial charge in [0.15, 0.2) is 0 Å². The van der Waals surface area contributed by atoms with E-state index in [9.17, 15) is 0 Å². The van der Waals surface area contributed by atoms with Crippen LogP contribution in [0.1, 0.15) is 115 Å². The minimum Gasteiger partial charge on any atom is -0.378 e. The van der Waals surface area contributed by atoms with E-state index in [1.54, 1.807) is 0 Å². The number of hydrogen-bond donors (Lipinski definition) is 0. The van der Waals surface area contributed by atoms with Crippen molar-refractivity contribution in [1.29, 1.82) is 0 Å². The van der Waals surface area contributed by atoms with E-state index in [4.69, 9.17) is 9.72 Å². The Morgan fingerprint density at radius 3 is 2.30 bits per heavy atom. The highest BCUT2D eigenvalue weighted by atomic mass is 16.5. The van der Waals surface area contributed by atoms with Gasteiger partial charge in [-0.05, 0) is 74.5 Å². The van der Waals surface area contributed by atoms with Crippen LogP contribution in [0.5, 0.6) is 0 Å². The highest BCUT2D eigenvalue weighted by Gasteiger charge is 2.22. The van der Waals surface area contributed by atoms with Gasteiger partial charge in [-0.1, -0.05) is 89.1 Å². The zero-order valence-corrected chi connectivity index (χ0v) is 21.5. The summed E-state index contributed by atoms with van der Waals surface area (Å²) in [5.41, 5.74) is 5.06. The molecule has 1 heterocycles. The molecule has 0 N–H and O–H groups in total. The molecule has 0 saturated heterocycles. The molecule has 182 valence electrons. The minimum atomic E-state index is 0.353. The molecule has 2 heteroatoms. The summed E-state index contributed by atoms with van der Waals surface area (Å²) in [5.74, 6) is 1.73. The van der Waals surface area contributed by atoms with Gasteiger partial charge >= 0.3 is 0 Å². The van der Waals surface area contributed by atoms with Crippen molar-refractivity contribution in [2.45, 2.75) is 116 Å². The van der Waals surface area contributed by atoms with E-state index in [0.29, 0.717) is 6.10 Å². The molecule has 1 aliphatic carbocycles. The van der Waals surface area contributed by atoms with E-state index in [2.05, 4.69) is 57.2 Å². The van der Waals surface area contributed by atoms with Crippen LogP contribution in [0.3, 0.4) is 0 Å². The highest BCUT2D eigenvalue weighted by molar-refractivity contribution is 5.59. The predicted octanol–water partition coefficient (Wildman–Crippen LogP) is 9.13. The Labute approximate surface area is 203 Å². The summed E-state index contributed by atoms with van der Waals surface area (Å²) in [7, 11) is 0. The SMILES string of the molecule is CCCCCCCC1CCC(c2ccc(-c3ccc(CCOC(C)CCC)cn3)cc2)CC1. The topological polar surface area (TPSA) is 22.1 Å². The second kappa shape index (κ2) is 14.6. The van der Waals surface area contributed by atoms with Crippen LogP contribution in [0, 0.1) is 5.92 Å². The molecular formula is C31H47NO. The van der Waals surface area contributed by atoms with Gasteiger partial charge in [-0.25, -0.2) is 0 Å². The third-order valence-electron chi connectivity index (χ3n) is 7.55. The lowest BCUT2D eigenvalue weighted by Gasteiger charge is -2.29. The van der Waals surface area contributed by atoms with Crippen LogP contribution in [0.4, 0.5) is 0 Å². The number of unbranched alkanes of at least 4 members (excludes halogenated alkanes) is 4. The van der Waals surface area contributed by atoms with Gasteiger partial charge in [0.25, 0.3) is 0 Å². The fraction of sp³-hybridized carbons (Fsp3) is 0.645. The summed E-state index contributed by atoms with van der Waals surface area (Å²) in [6.07, 6.45) is 19.7. The third kappa shape index (κ3) is 8.89. The van der Waals surface area contributed by atoms with Crippen molar-refractivity contribution >= 4 is 0 Å². The van der Waals surface area contributed by atoms with Gasteiger partial charge < -0.3 is 4.74 Å². The molecule has 3 rings (SSSR count). The lowest BCUT2D eigenvalue weighted by atomic mass is 9.77. The number of benzene rings is 1.